The lowest BCUT2D eigenvalue weighted by Crippen LogP contribution is -2.53. The van der Waals surface area contributed by atoms with Crippen molar-refractivity contribution in [3.8, 4) is 17.2 Å². The highest BCUT2D eigenvalue weighted by atomic mass is 79.9. The number of benzene rings is 4. The Hall–Kier alpha value is -5.07. The zero-order valence-electron chi connectivity index (χ0n) is 26.4. The molecule has 0 bridgehead atoms. The average molecular weight is 716 g/mol. The van der Waals surface area contributed by atoms with Crippen LogP contribution in [0.5, 0.6) is 17.2 Å². The number of aliphatic imine (C=N–C) groups is 1. The molecule has 1 aliphatic heterocycles. The van der Waals surface area contributed by atoms with Gasteiger partial charge in [0.05, 0.1) is 20.8 Å². The Labute approximate surface area is 286 Å². The predicted molar refractivity (Wildman–Crippen MR) is 184 cm³/mol. The normalized spacial score (nSPS) is 16.7. The van der Waals surface area contributed by atoms with Crippen LogP contribution < -0.4 is 25.1 Å². The summed E-state index contributed by atoms with van der Waals surface area (Å²) in [7, 11) is 3.14. The number of aliphatic hydroxyl groups is 1. The Bertz CT molecular complexity index is 1800. The molecule has 1 aliphatic rings. The molecule has 0 saturated carbocycles. The molecule has 3 N–H and O–H groups in total. The zero-order valence-corrected chi connectivity index (χ0v) is 28.0. The van der Waals surface area contributed by atoms with Gasteiger partial charge in [-0.3, -0.25) is 10.2 Å². The van der Waals surface area contributed by atoms with E-state index in [-0.39, 0.29) is 25.5 Å². The van der Waals surface area contributed by atoms with E-state index in [1.54, 1.807) is 50.6 Å². The summed E-state index contributed by atoms with van der Waals surface area (Å²) in [5.74, 6) is 1.66. The van der Waals surface area contributed by atoms with E-state index in [0.29, 0.717) is 52.7 Å². The van der Waals surface area contributed by atoms with Gasteiger partial charge in [0.2, 0.25) is 5.90 Å². The summed E-state index contributed by atoms with van der Waals surface area (Å²) in [6.07, 6.45) is -0.299. The number of amides is 1. The maximum absolute atomic E-state index is 14.5. The molecule has 248 valence electrons. The number of hydrogen-bond donors (Lipinski definition) is 3. The molecule has 0 fully saturated rings. The van der Waals surface area contributed by atoms with E-state index in [0.717, 1.165) is 10.0 Å². The minimum atomic E-state index is -1.54. The highest BCUT2D eigenvalue weighted by molar-refractivity contribution is 9.10. The van der Waals surface area contributed by atoms with Crippen molar-refractivity contribution in [2.75, 3.05) is 27.4 Å². The molecule has 13 heteroatoms. The molecule has 0 spiro atoms. The van der Waals surface area contributed by atoms with E-state index in [9.17, 15) is 10.3 Å². The van der Waals surface area contributed by atoms with Crippen molar-refractivity contribution in [3.63, 3.8) is 0 Å². The lowest BCUT2D eigenvalue weighted by atomic mass is 9.81. The number of rotatable bonds is 15. The van der Waals surface area contributed by atoms with Crippen molar-refractivity contribution in [1.82, 2.24) is 10.9 Å². The highest BCUT2D eigenvalue weighted by Crippen LogP contribution is 2.44. The number of nitrogens with zero attached hydrogens (tertiary/aromatic N) is 4. The van der Waals surface area contributed by atoms with Crippen molar-refractivity contribution in [2.24, 2.45) is 10.1 Å². The second-order valence-corrected chi connectivity index (χ2v) is 11.7. The second-order valence-electron chi connectivity index (χ2n) is 10.8. The Kier molecular flexibility index (Phi) is 11.5. The molecule has 4 aromatic rings. The van der Waals surface area contributed by atoms with Crippen LogP contribution in [0.3, 0.4) is 0 Å². The quantitative estimate of drug-likeness (QED) is 0.0417. The summed E-state index contributed by atoms with van der Waals surface area (Å²) in [4.78, 5) is 22.6. The molecule has 12 nitrogen and oxygen atoms in total. The van der Waals surface area contributed by atoms with Crippen LogP contribution in [0.25, 0.3) is 10.4 Å². The Morgan fingerprint density at radius 1 is 1.02 bits per heavy atom. The van der Waals surface area contributed by atoms with Crippen LogP contribution in [0.15, 0.2) is 106 Å². The van der Waals surface area contributed by atoms with Gasteiger partial charge in [0.15, 0.2) is 11.6 Å². The number of hydrazine groups is 1. The van der Waals surface area contributed by atoms with E-state index in [2.05, 4.69) is 36.8 Å². The van der Waals surface area contributed by atoms with Crippen LogP contribution in [0.4, 0.5) is 5.69 Å². The van der Waals surface area contributed by atoms with Gasteiger partial charge in [0.1, 0.15) is 17.2 Å². The molecule has 0 saturated heterocycles. The van der Waals surface area contributed by atoms with Crippen molar-refractivity contribution in [1.29, 1.82) is 0 Å². The van der Waals surface area contributed by atoms with Gasteiger partial charge in [0, 0.05) is 58.3 Å². The number of carbonyl (C=O) groups is 1. The number of hydrogen-bond acceptors (Lipinski definition) is 9. The first-order valence-corrected chi connectivity index (χ1v) is 15.9. The molecular formula is C35H35BrN6O6. The minimum absolute atomic E-state index is 0.0373. The van der Waals surface area contributed by atoms with E-state index >= 15 is 0 Å². The molecule has 4 aromatic carbocycles. The summed E-state index contributed by atoms with van der Waals surface area (Å²) in [6.45, 7) is 0.653. The van der Waals surface area contributed by atoms with Gasteiger partial charge in [-0.15, -0.1) is 0 Å². The molecule has 0 unspecified atom stereocenters. The highest BCUT2D eigenvalue weighted by Gasteiger charge is 2.53. The standard InChI is InChI=1S/C35H35BrN6O6/c1-45-29-17-12-26(31(20-29)46-2)22-38-41-34(44)35(21-25-6-3-4-7-30(25)40-42-37)32(23-8-13-27(36)14-9-23)48-33(39-35)24-10-15-28(16-11-24)47-19-5-18-43/h3-4,6-17,20,32,38,43H,5,18-19,21-22H2,1-2H3,(H,41,44)/t32-,35-/m0/s1. The summed E-state index contributed by atoms with van der Waals surface area (Å²) in [6, 6.07) is 27.2. The number of nitrogens with one attached hydrogen (secondary N) is 2. The van der Waals surface area contributed by atoms with Crippen LogP contribution in [0.2, 0.25) is 0 Å². The summed E-state index contributed by atoms with van der Waals surface area (Å²) < 4.78 is 24.0. The lowest BCUT2D eigenvalue weighted by molar-refractivity contribution is -0.130. The monoisotopic (exact) mass is 714 g/mol. The Morgan fingerprint density at radius 3 is 2.48 bits per heavy atom. The number of ether oxygens (including phenoxy) is 4. The molecule has 2 atom stereocenters. The van der Waals surface area contributed by atoms with Gasteiger partial charge in [-0.05, 0) is 59.1 Å². The zero-order chi connectivity index (χ0) is 33.9. The molecule has 48 heavy (non-hydrogen) atoms. The fraction of sp³-hybridized carbons (Fsp3) is 0.257. The van der Waals surface area contributed by atoms with Crippen LogP contribution in [0, 0.1) is 0 Å². The maximum Gasteiger partial charge on any atom is 0.266 e. The molecule has 0 aromatic heterocycles. The van der Waals surface area contributed by atoms with Gasteiger partial charge in [-0.1, -0.05) is 63.5 Å². The van der Waals surface area contributed by atoms with Crippen molar-refractivity contribution in [3.05, 3.63) is 128 Å². The van der Waals surface area contributed by atoms with Crippen molar-refractivity contribution >= 4 is 33.4 Å². The number of carbonyl (C=O) groups excluding carboxylic acids is 1. The summed E-state index contributed by atoms with van der Waals surface area (Å²) in [5.41, 5.74) is 16.8. The summed E-state index contributed by atoms with van der Waals surface area (Å²) >= 11 is 3.50. The van der Waals surface area contributed by atoms with Crippen LogP contribution in [-0.2, 0) is 22.5 Å². The molecule has 0 aliphatic carbocycles. The maximum atomic E-state index is 14.5. The third-order valence-electron chi connectivity index (χ3n) is 7.78. The Balaban J connectivity index is 1.54. The summed E-state index contributed by atoms with van der Waals surface area (Å²) in [5, 5.41) is 13.0. The smallest absolute Gasteiger partial charge is 0.266 e. The number of methoxy groups -OCH3 is 2. The lowest BCUT2D eigenvalue weighted by Gasteiger charge is -2.31. The molecule has 1 heterocycles. The first-order valence-electron chi connectivity index (χ1n) is 15.1. The van der Waals surface area contributed by atoms with Crippen LogP contribution in [-0.4, -0.2) is 49.9 Å². The van der Waals surface area contributed by atoms with Gasteiger partial charge >= 0.3 is 0 Å². The molecular weight excluding hydrogens is 680 g/mol. The molecule has 0 radical (unpaired) electrons. The van der Waals surface area contributed by atoms with Crippen molar-refractivity contribution in [2.45, 2.75) is 31.0 Å². The fourth-order valence-electron chi connectivity index (χ4n) is 5.34. The Morgan fingerprint density at radius 2 is 1.77 bits per heavy atom. The van der Waals surface area contributed by atoms with E-state index in [1.807, 2.05) is 54.6 Å². The van der Waals surface area contributed by atoms with E-state index in [1.165, 1.54) is 0 Å². The fourth-order valence-corrected chi connectivity index (χ4v) is 5.61. The first kappa shape index (κ1) is 34.3. The third kappa shape index (κ3) is 7.89. The molecule has 1 amide bonds. The second kappa shape index (κ2) is 16.2. The van der Waals surface area contributed by atoms with Gasteiger partial charge in [0.25, 0.3) is 5.91 Å². The topological polar surface area (TPSA) is 159 Å². The van der Waals surface area contributed by atoms with E-state index < -0.39 is 17.6 Å². The minimum Gasteiger partial charge on any atom is -0.497 e. The van der Waals surface area contributed by atoms with Gasteiger partial charge in [-0.25, -0.2) is 10.4 Å². The number of halogens is 1. The first-order chi connectivity index (χ1) is 23.4. The number of aliphatic hydroxyl groups excluding tert-OH is 1. The third-order valence-corrected chi connectivity index (χ3v) is 8.31. The van der Waals surface area contributed by atoms with Gasteiger partial charge < -0.3 is 24.1 Å². The van der Waals surface area contributed by atoms with Crippen LogP contribution in [0.1, 0.15) is 34.8 Å². The predicted octanol–water partition coefficient (Wildman–Crippen LogP) is 6.49. The van der Waals surface area contributed by atoms with Gasteiger partial charge in [-0.2, -0.15) is 0 Å². The van der Waals surface area contributed by atoms with Crippen LogP contribution >= 0.6 is 15.9 Å². The largest absolute Gasteiger partial charge is 0.497 e. The average Bonchev–Trinajstić information content (AvgIpc) is 3.50. The van der Waals surface area contributed by atoms with Crippen molar-refractivity contribution < 1.29 is 28.8 Å². The van der Waals surface area contributed by atoms with E-state index in [4.69, 9.17) is 29.0 Å². The number of azide groups is 1. The molecule has 5 rings (SSSR count). The SMILES string of the molecule is COc1ccc(CNNC(=O)[C@@]2(Cc3ccccc3N=[N+]=[N-])N=C(c3ccc(OCCCO)cc3)O[C@H]2c2ccc(Br)cc2)c(OC)c1.